The molecule has 1 aliphatic heterocycles. The molecule has 1 N–H and O–H groups in total. The molecule has 0 saturated heterocycles. The second-order valence-corrected chi connectivity index (χ2v) is 9.39. The maximum Gasteiger partial charge on any atom is 0.326 e. The number of hydrogen-bond donors (Lipinski definition) is 1. The molecular weight excluding hydrogens is 475 g/mol. The van der Waals surface area contributed by atoms with Crippen molar-refractivity contribution in [3.63, 3.8) is 0 Å². The number of nitrogens with one attached hydrogen (secondary N) is 1. The van der Waals surface area contributed by atoms with Crippen molar-refractivity contribution in [1.82, 2.24) is 14.7 Å². The fourth-order valence-electron chi connectivity index (χ4n) is 4.08. The van der Waals surface area contributed by atoms with Gasteiger partial charge in [-0.15, -0.1) is 0 Å². The summed E-state index contributed by atoms with van der Waals surface area (Å²) in [6.07, 6.45) is 4.64. The van der Waals surface area contributed by atoms with E-state index >= 15 is 0 Å². The van der Waals surface area contributed by atoms with E-state index in [0.717, 1.165) is 6.42 Å². The first-order valence-corrected chi connectivity index (χ1v) is 11.9. The number of benzene rings is 1. The van der Waals surface area contributed by atoms with E-state index in [9.17, 15) is 14.4 Å². The van der Waals surface area contributed by atoms with Crippen LogP contribution in [0.1, 0.15) is 38.4 Å². The van der Waals surface area contributed by atoms with Gasteiger partial charge >= 0.3 is 5.91 Å². The van der Waals surface area contributed by atoms with E-state index in [2.05, 4.69) is 5.10 Å². The topological polar surface area (TPSA) is 79.1 Å². The smallest absolute Gasteiger partial charge is 0.294 e. The summed E-state index contributed by atoms with van der Waals surface area (Å²) in [5.41, 5.74) is 1.09. The molecule has 2 aromatic heterocycles. The van der Waals surface area contributed by atoms with Gasteiger partial charge in [0.25, 0.3) is 17.2 Å². The van der Waals surface area contributed by atoms with E-state index < -0.39 is 17.4 Å². The second-order valence-electron chi connectivity index (χ2n) is 8.58. The van der Waals surface area contributed by atoms with Gasteiger partial charge in [-0.25, -0.2) is 4.68 Å². The van der Waals surface area contributed by atoms with E-state index in [4.69, 9.17) is 23.2 Å². The van der Waals surface area contributed by atoms with Crippen LogP contribution in [0.15, 0.2) is 53.6 Å². The molecule has 7 nitrogen and oxygen atoms in total. The lowest BCUT2D eigenvalue weighted by atomic mass is 10.0. The number of carbonyl (C=O) groups is 2. The van der Waals surface area contributed by atoms with Crippen LogP contribution in [0.3, 0.4) is 0 Å². The quantitative estimate of drug-likeness (QED) is 0.392. The number of amides is 2. The molecule has 0 fully saturated rings. The van der Waals surface area contributed by atoms with Crippen molar-refractivity contribution in [3.8, 4) is 5.69 Å². The number of carbonyl (C=O) groups excluding carboxylic acids is 2. The summed E-state index contributed by atoms with van der Waals surface area (Å²) >= 11 is 12.2. The molecule has 1 aromatic carbocycles. The van der Waals surface area contributed by atoms with Gasteiger partial charge in [-0.2, -0.15) is 4.57 Å². The SMILES string of the molecule is CCCc1[nH]n(-c2ccc(Cl)c(Cl)c2)c(=O)c1C1=C([n+]2ccccc2)C(=O)N(CC(C)C)C1=O. The summed E-state index contributed by atoms with van der Waals surface area (Å²) in [5.74, 6) is -0.822. The maximum atomic E-state index is 13.7. The zero-order chi connectivity index (χ0) is 24.6. The van der Waals surface area contributed by atoms with Crippen molar-refractivity contribution in [2.75, 3.05) is 6.54 Å². The van der Waals surface area contributed by atoms with Gasteiger partial charge < -0.3 is 0 Å². The molecule has 34 heavy (non-hydrogen) atoms. The van der Waals surface area contributed by atoms with Crippen molar-refractivity contribution in [3.05, 3.63) is 80.4 Å². The third-order valence-electron chi connectivity index (χ3n) is 5.54. The Hall–Kier alpha value is -3.16. The second kappa shape index (κ2) is 9.60. The number of aromatic nitrogens is 3. The predicted octanol–water partition coefficient (Wildman–Crippen LogP) is 4.11. The summed E-state index contributed by atoms with van der Waals surface area (Å²) in [4.78, 5) is 42.0. The summed E-state index contributed by atoms with van der Waals surface area (Å²) in [6, 6.07) is 10.2. The van der Waals surface area contributed by atoms with Crippen molar-refractivity contribution >= 4 is 46.3 Å². The van der Waals surface area contributed by atoms with Crippen molar-refractivity contribution in [1.29, 1.82) is 0 Å². The van der Waals surface area contributed by atoms with Crippen molar-refractivity contribution in [2.24, 2.45) is 5.92 Å². The van der Waals surface area contributed by atoms with Crippen LogP contribution in [0.2, 0.25) is 10.0 Å². The third-order valence-corrected chi connectivity index (χ3v) is 6.28. The van der Waals surface area contributed by atoms with Crippen LogP contribution in [0, 0.1) is 5.92 Å². The summed E-state index contributed by atoms with van der Waals surface area (Å²) in [7, 11) is 0. The number of pyridine rings is 1. The Bertz CT molecular complexity index is 1360. The maximum absolute atomic E-state index is 13.7. The molecule has 2 amide bonds. The minimum Gasteiger partial charge on any atom is -0.294 e. The van der Waals surface area contributed by atoms with Gasteiger partial charge in [-0.3, -0.25) is 24.4 Å². The Labute approximate surface area is 207 Å². The molecule has 0 saturated carbocycles. The Morgan fingerprint density at radius 1 is 1.00 bits per heavy atom. The molecule has 4 rings (SSSR count). The van der Waals surface area contributed by atoms with Crippen LogP contribution < -0.4 is 10.1 Å². The van der Waals surface area contributed by atoms with E-state index in [1.54, 1.807) is 47.3 Å². The predicted molar refractivity (Wildman–Crippen MR) is 132 cm³/mol. The van der Waals surface area contributed by atoms with E-state index in [0.29, 0.717) is 27.8 Å². The van der Waals surface area contributed by atoms with E-state index in [1.807, 2.05) is 26.8 Å². The highest BCUT2D eigenvalue weighted by molar-refractivity contribution is 6.44. The molecule has 176 valence electrons. The number of H-pyrrole nitrogens is 1. The molecule has 0 spiro atoms. The number of aryl methyl sites for hydroxylation is 1. The number of imide groups is 1. The Kier molecular flexibility index (Phi) is 6.77. The van der Waals surface area contributed by atoms with Crippen LogP contribution in [0.5, 0.6) is 0 Å². The lowest BCUT2D eigenvalue weighted by Gasteiger charge is -2.16. The summed E-state index contributed by atoms with van der Waals surface area (Å²) in [6.45, 7) is 6.10. The first kappa shape index (κ1) is 24.0. The first-order valence-electron chi connectivity index (χ1n) is 11.1. The minimum absolute atomic E-state index is 0.0727. The highest BCUT2D eigenvalue weighted by Gasteiger charge is 2.47. The average molecular weight is 500 g/mol. The molecule has 0 bridgehead atoms. The van der Waals surface area contributed by atoms with Gasteiger partial charge in [0.1, 0.15) is 5.57 Å². The normalized spacial score (nSPS) is 14.1. The van der Waals surface area contributed by atoms with Gasteiger partial charge in [0.2, 0.25) is 0 Å². The largest absolute Gasteiger partial charge is 0.326 e. The average Bonchev–Trinajstić information content (AvgIpc) is 3.24. The van der Waals surface area contributed by atoms with Crippen molar-refractivity contribution < 1.29 is 14.2 Å². The van der Waals surface area contributed by atoms with Crippen LogP contribution in [-0.2, 0) is 16.0 Å². The lowest BCUT2D eigenvalue weighted by molar-refractivity contribution is -0.576. The van der Waals surface area contributed by atoms with Crippen LogP contribution in [0.25, 0.3) is 17.0 Å². The zero-order valence-electron chi connectivity index (χ0n) is 19.1. The standard InChI is InChI=1S/C25H24Cl2N4O3/c1-4-8-19-20(24(33)31(28-19)16-9-10-17(26)18(27)13-16)21-22(29-11-6-5-7-12-29)25(34)30(23(21)32)14-15(2)3/h5-7,9-13,15H,4,8,14H2,1-3H3/p+1. The minimum atomic E-state index is -0.472. The molecule has 0 atom stereocenters. The van der Waals surface area contributed by atoms with Gasteiger partial charge in [-0.1, -0.05) is 56.5 Å². The highest BCUT2D eigenvalue weighted by atomic mass is 35.5. The zero-order valence-corrected chi connectivity index (χ0v) is 20.7. The van der Waals surface area contributed by atoms with Crippen LogP contribution in [-0.4, -0.2) is 33.0 Å². The lowest BCUT2D eigenvalue weighted by Crippen LogP contribution is -2.40. The molecular formula is C25H25Cl2N4O3+. The molecule has 9 heteroatoms. The van der Waals surface area contributed by atoms with Crippen LogP contribution in [0.4, 0.5) is 0 Å². The highest BCUT2D eigenvalue weighted by Crippen LogP contribution is 2.31. The molecule has 0 aliphatic carbocycles. The summed E-state index contributed by atoms with van der Waals surface area (Å²) in [5, 5.41) is 3.80. The number of rotatable bonds is 7. The van der Waals surface area contributed by atoms with Crippen LogP contribution >= 0.6 is 23.2 Å². The van der Waals surface area contributed by atoms with Crippen molar-refractivity contribution in [2.45, 2.75) is 33.6 Å². The van der Waals surface area contributed by atoms with Gasteiger partial charge in [0.15, 0.2) is 12.4 Å². The first-order chi connectivity index (χ1) is 16.2. The molecule has 3 heterocycles. The monoisotopic (exact) mass is 499 g/mol. The van der Waals surface area contributed by atoms with Gasteiger partial charge in [0, 0.05) is 24.4 Å². The van der Waals surface area contributed by atoms with Gasteiger partial charge in [0.05, 0.1) is 21.3 Å². The number of aromatic amines is 1. The Balaban J connectivity index is 1.99. The van der Waals surface area contributed by atoms with E-state index in [-0.39, 0.29) is 29.3 Å². The number of hydrogen-bond acceptors (Lipinski definition) is 3. The van der Waals surface area contributed by atoms with E-state index in [1.165, 1.54) is 9.58 Å². The molecule has 0 unspecified atom stereocenters. The fraction of sp³-hybridized carbons (Fsp3) is 0.280. The molecule has 1 aliphatic rings. The number of halogens is 2. The fourth-order valence-corrected chi connectivity index (χ4v) is 4.38. The molecule has 3 aromatic rings. The third kappa shape index (κ3) is 4.21. The molecule has 0 radical (unpaired) electrons. The number of nitrogens with zero attached hydrogens (tertiary/aromatic N) is 3. The Morgan fingerprint density at radius 3 is 2.32 bits per heavy atom. The summed E-state index contributed by atoms with van der Waals surface area (Å²) < 4.78 is 2.94. The van der Waals surface area contributed by atoms with Gasteiger partial charge in [-0.05, 0) is 30.5 Å². The Morgan fingerprint density at radius 2 is 1.71 bits per heavy atom.